The summed E-state index contributed by atoms with van der Waals surface area (Å²) in [6.45, 7) is 2.03. The number of nitrogens with zero attached hydrogens (tertiary/aromatic N) is 1. The summed E-state index contributed by atoms with van der Waals surface area (Å²) in [5.41, 5.74) is 2.13. The third-order valence-corrected chi connectivity index (χ3v) is 5.12. The first-order chi connectivity index (χ1) is 9.66. The van der Waals surface area contributed by atoms with Crippen molar-refractivity contribution < 1.29 is 0 Å². The lowest BCUT2D eigenvalue weighted by Crippen LogP contribution is -2.09. The minimum atomic E-state index is -0.0531. The highest BCUT2D eigenvalue weighted by Gasteiger charge is 2.22. The van der Waals surface area contributed by atoms with Gasteiger partial charge in [-0.05, 0) is 30.7 Å². The monoisotopic (exact) mass is 322 g/mol. The molecule has 0 fully saturated rings. The molecular formula is C15H12Cl2N2S. The minimum Gasteiger partial charge on any atom is -0.353 e. The number of thiophene rings is 1. The number of hydrogen-bond donors (Lipinski definition) is 1. The normalized spacial score (nSPS) is 17.2. The Morgan fingerprint density at radius 2 is 2.15 bits per heavy atom. The zero-order chi connectivity index (χ0) is 14.1. The van der Waals surface area contributed by atoms with Crippen molar-refractivity contribution in [3.05, 3.63) is 57.0 Å². The van der Waals surface area contributed by atoms with E-state index in [9.17, 15) is 0 Å². The zero-order valence-corrected chi connectivity index (χ0v) is 13.1. The highest BCUT2D eigenvalue weighted by molar-refractivity contribution is 7.16. The van der Waals surface area contributed by atoms with E-state index in [1.807, 2.05) is 43.5 Å². The number of hydrogen-bond acceptors (Lipinski definition) is 3. The number of aryl methyl sites for hydroxylation is 1. The van der Waals surface area contributed by atoms with Gasteiger partial charge in [0.05, 0.1) is 17.4 Å². The van der Waals surface area contributed by atoms with Crippen LogP contribution < -0.4 is 5.32 Å². The van der Waals surface area contributed by atoms with Crippen molar-refractivity contribution in [1.82, 2.24) is 5.32 Å². The van der Waals surface area contributed by atoms with Gasteiger partial charge in [0.1, 0.15) is 0 Å². The second kappa shape index (κ2) is 5.60. The second-order valence-corrected chi connectivity index (χ2v) is 6.51. The summed E-state index contributed by atoms with van der Waals surface area (Å²) in [4.78, 5) is 6.67. The summed E-state index contributed by atoms with van der Waals surface area (Å²) in [6.07, 6.45) is 5.57. The molecule has 2 heterocycles. The molecule has 1 N–H and O–H groups in total. The van der Waals surface area contributed by atoms with Crippen LogP contribution in [0.2, 0.25) is 10.0 Å². The topological polar surface area (TPSA) is 24.4 Å². The SMILES string of the molecule is Cc1sc(-c2cccc(Cl)c2)c(C2C=CNC=N2)c1Cl. The van der Waals surface area contributed by atoms with Gasteiger partial charge < -0.3 is 5.32 Å². The molecule has 1 aliphatic rings. The Bertz CT molecular complexity index is 692. The molecule has 2 aromatic rings. The van der Waals surface area contributed by atoms with E-state index in [2.05, 4.69) is 10.3 Å². The number of nitrogens with one attached hydrogen (secondary N) is 1. The lowest BCUT2D eigenvalue weighted by molar-refractivity contribution is 0.890. The van der Waals surface area contributed by atoms with Crippen molar-refractivity contribution in [1.29, 1.82) is 0 Å². The Hall–Kier alpha value is -1.29. The van der Waals surface area contributed by atoms with Crippen LogP contribution in [0.5, 0.6) is 0 Å². The van der Waals surface area contributed by atoms with Crippen LogP contribution >= 0.6 is 34.5 Å². The molecule has 0 spiro atoms. The zero-order valence-electron chi connectivity index (χ0n) is 10.7. The third kappa shape index (κ3) is 2.49. The van der Waals surface area contributed by atoms with E-state index in [0.717, 1.165) is 30.9 Å². The smallest absolute Gasteiger partial charge is 0.0993 e. The maximum atomic E-state index is 6.49. The van der Waals surface area contributed by atoms with Gasteiger partial charge in [-0.2, -0.15) is 0 Å². The Labute approximate surface area is 131 Å². The summed E-state index contributed by atoms with van der Waals surface area (Å²) in [7, 11) is 0. The fourth-order valence-corrected chi connectivity index (χ4v) is 3.84. The van der Waals surface area contributed by atoms with E-state index in [-0.39, 0.29) is 6.04 Å². The molecule has 0 radical (unpaired) electrons. The van der Waals surface area contributed by atoms with Crippen LogP contribution in [0.3, 0.4) is 0 Å². The van der Waals surface area contributed by atoms with Gasteiger partial charge in [0.2, 0.25) is 0 Å². The summed E-state index contributed by atoms with van der Waals surface area (Å²) in [5, 5.41) is 4.46. The van der Waals surface area contributed by atoms with Crippen molar-refractivity contribution in [2.24, 2.45) is 4.99 Å². The van der Waals surface area contributed by atoms with Crippen molar-refractivity contribution in [3.8, 4) is 10.4 Å². The molecule has 1 aliphatic heterocycles. The van der Waals surface area contributed by atoms with Crippen molar-refractivity contribution in [2.45, 2.75) is 13.0 Å². The standard InChI is InChI=1S/C15H12Cl2N2S/c1-9-14(17)13(12-5-6-18-8-19-12)15(20-9)10-3-2-4-11(16)7-10/h2-8,12H,1H3,(H,18,19). The minimum absolute atomic E-state index is 0.0531. The van der Waals surface area contributed by atoms with Gasteiger partial charge in [-0.25, -0.2) is 0 Å². The summed E-state index contributed by atoms with van der Waals surface area (Å²) >= 11 is 14.3. The van der Waals surface area contributed by atoms with Crippen LogP contribution in [0.1, 0.15) is 16.5 Å². The number of aliphatic imine (C=N–C) groups is 1. The van der Waals surface area contributed by atoms with E-state index >= 15 is 0 Å². The molecule has 1 unspecified atom stereocenters. The summed E-state index contributed by atoms with van der Waals surface area (Å²) in [6, 6.07) is 7.77. The molecule has 3 rings (SSSR count). The number of rotatable bonds is 2. The van der Waals surface area contributed by atoms with Crippen LogP contribution in [0.4, 0.5) is 0 Å². The predicted octanol–water partition coefficient (Wildman–Crippen LogP) is 5.22. The molecule has 102 valence electrons. The van der Waals surface area contributed by atoms with E-state index in [0.29, 0.717) is 0 Å². The summed E-state index contributed by atoms with van der Waals surface area (Å²) in [5.74, 6) is 0. The van der Waals surface area contributed by atoms with Crippen LogP contribution in [-0.4, -0.2) is 6.34 Å². The largest absolute Gasteiger partial charge is 0.353 e. The lowest BCUT2D eigenvalue weighted by Gasteiger charge is -2.13. The summed E-state index contributed by atoms with van der Waals surface area (Å²) < 4.78 is 0. The highest BCUT2D eigenvalue weighted by atomic mass is 35.5. The molecule has 0 bridgehead atoms. The van der Waals surface area contributed by atoms with E-state index in [4.69, 9.17) is 23.2 Å². The molecule has 0 saturated heterocycles. The fraction of sp³-hybridized carbons (Fsp3) is 0.133. The second-order valence-electron chi connectivity index (χ2n) is 4.47. The highest BCUT2D eigenvalue weighted by Crippen LogP contribution is 2.44. The van der Waals surface area contributed by atoms with Crippen molar-refractivity contribution >= 4 is 40.9 Å². The van der Waals surface area contributed by atoms with E-state index in [1.165, 1.54) is 0 Å². The van der Waals surface area contributed by atoms with Crippen LogP contribution in [0.25, 0.3) is 10.4 Å². The molecule has 5 heteroatoms. The first-order valence-electron chi connectivity index (χ1n) is 6.16. The van der Waals surface area contributed by atoms with Crippen LogP contribution in [0, 0.1) is 6.92 Å². The first-order valence-corrected chi connectivity index (χ1v) is 7.73. The molecule has 1 atom stereocenters. The molecule has 0 aliphatic carbocycles. The Balaban J connectivity index is 2.16. The average molecular weight is 323 g/mol. The Kier molecular flexibility index (Phi) is 3.83. The first kappa shape index (κ1) is 13.7. The van der Waals surface area contributed by atoms with Crippen molar-refractivity contribution in [2.75, 3.05) is 0 Å². The van der Waals surface area contributed by atoms with Crippen LogP contribution in [0.15, 0.2) is 41.5 Å². The average Bonchev–Trinajstić information content (AvgIpc) is 2.76. The van der Waals surface area contributed by atoms with E-state index in [1.54, 1.807) is 17.7 Å². The Morgan fingerprint density at radius 3 is 2.85 bits per heavy atom. The van der Waals surface area contributed by atoms with Gasteiger partial charge in [-0.3, -0.25) is 4.99 Å². The maximum Gasteiger partial charge on any atom is 0.0993 e. The van der Waals surface area contributed by atoms with E-state index < -0.39 is 0 Å². The van der Waals surface area contributed by atoms with Gasteiger partial charge in [0.25, 0.3) is 0 Å². The molecule has 0 amide bonds. The molecule has 20 heavy (non-hydrogen) atoms. The number of benzene rings is 1. The maximum absolute atomic E-state index is 6.49. The van der Waals surface area contributed by atoms with Gasteiger partial charge in [0.15, 0.2) is 0 Å². The van der Waals surface area contributed by atoms with Crippen LogP contribution in [-0.2, 0) is 0 Å². The fourth-order valence-electron chi connectivity index (χ4n) is 2.18. The molecule has 1 aromatic heterocycles. The molecular weight excluding hydrogens is 311 g/mol. The lowest BCUT2D eigenvalue weighted by atomic mass is 10.0. The molecule has 0 saturated carbocycles. The Morgan fingerprint density at radius 1 is 1.30 bits per heavy atom. The van der Waals surface area contributed by atoms with Gasteiger partial charge in [-0.15, -0.1) is 11.3 Å². The molecule has 1 aromatic carbocycles. The quantitative estimate of drug-likeness (QED) is 0.805. The van der Waals surface area contributed by atoms with Gasteiger partial charge in [-0.1, -0.05) is 35.3 Å². The van der Waals surface area contributed by atoms with Gasteiger partial charge in [0, 0.05) is 26.5 Å². The molecule has 2 nitrogen and oxygen atoms in total. The predicted molar refractivity (Wildman–Crippen MR) is 88.0 cm³/mol. The third-order valence-electron chi connectivity index (χ3n) is 3.11. The number of halogens is 2. The van der Waals surface area contributed by atoms with Gasteiger partial charge >= 0.3 is 0 Å². The van der Waals surface area contributed by atoms with Crippen molar-refractivity contribution in [3.63, 3.8) is 0 Å².